The quantitative estimate of drug-likeness (QED) is 0.474. The van der Waals surface area contributed by atoms with Gasteiger partial charge in [0.2, 0.25) is 8.32 Å². The Morgan fingerprint density at radius 3 is 2.00 bits per heavy atom. The van der Waals surface area contributed by atoms with Gasteiger partial charge in [0, 0.05) is 6.42 Å². The van der Waals surface area contributed by atoms with E-state index in [1.807, 2.05) is 0 Å². The standard InChI is InChI=1S/C11H24OSi/c1-7-8-9-11(10(2)3)12-13(4,5)6/h7-9H2,1-6H3. The number of hydrogen-bond donors (Lipinski definition) is 0. The molecule has 13 heavy (non-hydrogen) atoms. The van der Waals surface area contributed by atoms with Crippen LogP contribution in [-0.4, -0.2) is 8.32 Å². The van der Waals surface area contributed by atoms with Crippen LogP contribution in [0.5, 0.6) is 0 Å². The van der Waals surface area contributed by atoms with Crippen molar-refractivity contribution in [3.05, 3.63) is 11.3 Å². The van der Waals surface area contributed by atoms with Crippen LogP contribution >= 0.6 is 0 Å². The molecule has 0 aliphatic heterocycles. The van der Waals surface area contributed by atoms with Gasteiger partial charge in [-0.3, -0.25) is 0 Å². The molecule has 1 nitrogen and oxygen atoms in total. The summed E-state index contributed by atoms with van der Waals surface area (Å²) >= 11 is 0. The second-order valence-corrected chi connectivity index (χ2v) is 9.17. The van der Waals surface area contributed by atoms with Crippen LogP contribution in [0.3, 0.4) is 0 Å². The van der Waals surface area contributed by atoms with Gasteiger partial charge in [0.25, 0.3) is 0 Å². The maximum Gasteiger partial charge on any atom is 0.241 e. The van der Waals surface area contributed by atoms with Crippen LogP contribution in [0.15, 0.2) is 11.3 Å². The van der Waals surface area contributed by atoms with Gasteiger partial charge in [0.15, 0.2) is 0 Å². The molecule has 78 valence electrons. The summed E-state index contributed by atoms with van der Waals surface area (Å²) in [7, 11) is -1.39. The Labute approximate surface area is 84.3 Å². The molecule has 0 aromatic carbocycles. The first-order chi connectivity index (χ1) is 5.87. The zero-order chi connectivity index (χ0) is 10.5. The summed E-state index contributed by atoms with van der Waals surface area (Å²) in [5.41, 5.74) is 1.34. The Kier molecular flexibility index (Phi) is 5.38. The molecule has 2 heteroatoms. The molecule has 0 rings (SSSR count). The van der Waals surface area contributed by atoms with Crippen molar-refractivity contribution in [1.29, 1.82) is 0 Å². The molecule has 0 saturated carbocycles. The van der Waals surface area contributed by atoms with Crippen LogP contribution in [0.4, 0.5) is 0 Å². The molecular formula is C11H24OSi. The average Bonchev–Trinajstić information content (AvgIpc) is 1.95. The molecule has 0 aromatic heterocycles. The van der Waals surface area contributed by atoms with Crippen LogP contribution in [0.1, 0.15) is 40.0 Å². The lowest BCUT2D eigenvalue weighted by Crippen LogP contribution is -2.25. The minimum Gasteiger partial charge on any atom is -0.547 e. The zero-order valence-corrected chi connectivity index (χ0v) is 11.0. The fraction of sp³-hybridized carbons (Fsp3) is 0.818. The summed E-state index contributed by atoms with van der Waals surface area (Å²) in [6.07, 6.45) is 3.60. The summed E-state index contributed by atoms with van der Waals surface area (Å²) in [5, 5.41) is 0. The smallest absolute Gasteiger partial charge is 0.241 e. The van der Waals surface area contributed by atoms with Gasteiger partial charge < -0.3 is 4.43 Å². The van der Waals surface area contributed by atoms with E-state index in [4.69, 9.17) is 4.43 Å². The lowest BCUT2D eigenvalue weighted by atomic mass is 10.2. The van der Waals surface area contributed by atoms with Gasteiger partial charge in [0.05, 0.1) is 5.76 Å². The van der Waals surface area contributed by atoms with E-state index in [0.29, 0.717) is 0 Å². The van der Waals surface area contributed by atoms with Crippen LogP contribution in [-0.2, 0) is 4.43 Å². The molecule has 0 amide bonds. The van der Waals surface area contributed by atoms with E-state index in [-0.39, 0.29) is 0 Å². The van der Waals surface area contributed by atoms with E-state index >= 15 is 0 Å². The Hall–Kier alpha value is -0.243. The number of unbranched alkanes of at least 4 members (excludes halogenated alkanes) is 1. The van der Waals surface area contributed by atoms with Crippen molar-refractivity contribution < 1.29 is 4.43 Å². The fourth-order valence-electron chi connectivity index (χ4n) is 1.11. The molecule has 0 fully saturated rings. The molecule has 0 atom stereocenters. The molecule has 0 saturated heterocycles. The van der Waals surface area contributed by atoms with Crippen molar-refractivity contribution >= 4 is 8.32 Å². The molecule has 0 bridgehead atoms. The van der Waals surface area contributed by atoms with E-state index in [2.05, 4.69) is 40.4 Å². The predicted octanol–water partition coefficient (Wildman–Crippen LogP) is 4.32. The third-order valence-corrected chi connectivity index (χ3v) is 2.60. The second kappa shape index (κ2) is 5.48. The highest BCUT2D eigenvalue weighted by atomic mass is 28.4. The molecule has 0 radical (unpaired) electrons. The normalized spacial score (nSPS) is 11.2. The molecule has 0 aromatic rings. The molecule has 0 aliphatic carbocycles. The van der Waals surface area contributed by atoms with E-state index in [0.717, 1.165) is 6.42 Å². The highest BCUT2D eigenvalue weighted by Gasteiger charge is 2.17. The van der Waals surface area contributed by atoms with Crippen LogP contribution in [0, 0.1) is 0 Å². The molecule has 0 aliphatic rings. The largest absolute Gasteiger partial charge is 0.547 e. The van der Waals surface area contributed by atoms with Gasteiger partial charge in [-0.05, 0) is 45.5 Å². The summed E-state index contributed by atoms with van der Waals surface area (Å²) < 4.78 is 6.02. The fourth-order valence-corrected chi connectivity index (χ4v) is 2.16. The Morgan fingerprint density at radius 1 is 1.15 bits per heavy atom. The average molecular weight is 200 g/mol. The molecule has 0 unspecified atom stereocenters. The Balaban J connectivity index is 4.22. The number of hydrogen-bond acceptors (Lipinski definition) is 1. The van der Waals surface area contributed by atoms with Gasteiger partial charge in [-0.15, -0.1) is 0 Å². The van der Waals surface area contributed by atoms with Crippen LogP contribution in [0.25, 0.3) is 0 Å². The van der Waals surface area contributed by atoms with E-state index in [1.54, 1.807) is 0 Å². The molecule has 0 heterocycles. The van der Waals surface area contributed by atoms with Crippen molar-refractivity contribution in [2.75, 3.05) is 0 Å². The van der Waals surface area contributed by atoms with Gasteiger partial charge in [-0.25, -0.2) is 0 Å². The van der Waals surface area contributed by atoms with Gasteiger partial charge in [0.1, 0.15) is 0 Å². The predicted molar refractivity (Wildman–Crippen MR) is 62.3 cm³/mol. The van der Waals surface area contributed by atoms with Crippen LogP contribution in [0.2, 0.25) is 19.6 Å². The minimum absolute atomic E-state index is 1.11. The zero-order valence-electron chi connectivity index (χ0n) is 10.0. The second-order valence-electron chi connectivity index (χ2n) is 4.74. The first-order valence-corrected chi connectivity index (χ1v) is 8.63. The molecule has 0 spiro atoms. The first kappa shape index (κ1) is 12.8. The maximum absolute atomic E-state index is 6.02. The summed E-state index contributed by atoms with van der Waals surface area (Å²) in [6, 6.07) is 0. The molecular weight excluding hydrogens is 176 g/mol. The molecule has 0 N–H and O–H groups in total. The number of allylic oxidation sites excluding steroid dienone is 2. The van der Waals surface area contributed by atoms with Gasteiger partial charge >= 0.3 is 0 Å². The monoisotopic (exact) mass is 200 g/mol. The lowest BCUT2D eigenvalue weighted by molar-refractivity contribution is 0.387. The minimum atomic E-state index is -1.39. The van der Waals surface area contributed by atoms with Crippen LogP contribution < -0.4 is 0 Å². The lowest BCUT2D eigenvalue weighted by Gasteiger charge is -2.23. The summed E-state index contributed by atoms with van der Waals surface area (Å²) in [5.74, 6) is 1.24. The van der Waals surface area contributed by atoms with Crippen molar-refractivity contribution in [1.82, 2.24) is 0 Å². The Morgan fingerprint density at radius 2 is 1.69 bits per heavy atom. The number of rotatable bonds is 5. The highest BCUT2D eigenvalue weighted by Crippen LogP contribution is 2.19. The Bertz CT molecular complexity index is 173. The van der Waals surface area contributed by atoms with E-state index < -0.39 is 8.32 Å². The highest BCUT2D eigenvalue weighted by molar-refractivity contribution is 6.70. The summed E-state index contributed by atoms with van der Waals surface area (Å²) in [6.45, 7) is 13.2. The maximum atomic E-state index is 6.02. The van der Waals surface area contributed by atoms with Crippen molar-refractivity contribution in [2.45, 2.75) is 59.7 Å². The third-order valence-electron chi connectivity index (χ3n) is 1.74. The summed E-state index contributed by atoms with van der Waals surface area (Å²) in [4.78, 5) is 0. The van der Waals surface area contributed by atoms with E-state index in [1.165, 1.54) is 24.2 Å². The SMILES string of the molecule is CCCCC(O[Si](C)(C)C)=C(C)C. The third kappa shape index (κ3) is 6.88. The van der Waals surface area contributed by atoms with Gasteiger partial charge in [-0.1, -0.05) is 13.3 Å². The van der Waals surface area contributed by atoms with Crippen molar-refractivity contribution in [2.24, 2.45) is 0 Å². The topological polar surface area (TPSA) is 9.23 Å². The van der Waals surface area contributed by atoms with Crippen molar-refractivity contribution in [3.8, 4) is 0 Å². The first-order valence-electron chi connectivity index (χ1n) is 5.22. The van der Waals surface area contributed by atoms with Gasteiger partial charge in [-0.2, -0.15) is 0 Å². The van der Waals surface area contributed by atoms with E-state index in [9.17, 15) is 0 Å². The van der Waals surface area contributed by atoms with Crippen molar-refractivity contribution in [3.63, 3.8) is 0 Å².